The molecule has 0 unspecified atom stereocenters. The molecular weight excluding hydrogens is 244 g/mol. The summed E-state index contributed by atoms with van der Waals surface area (Å²) < 4.78 is 5.09. The van der Waals surface area contributed by atoms with Gasteiger partial charge in [-0.25, -0.2) is 4.79 Å². The number of hydrogen-bond acceptors (Lipinski definition) is 4. The Morgan fingerprint density at radius 1 is 1.42 bits per heavy atom. The maximum atomic E-state index is 12.1. The van der Waals surface area contributed by atoms with Gasteiger partial charge in [0, 0.05) is 18.7 Å². The standard InChI is InChI=1S/C14H18N2O3/c1-2-19-14(18)13(16-9-3-4-12(16)17)10-5-7-11(15)8-6-10/h5-8,13H,2-4,9,15H2,1H3/t13-/m0/s1. The largest absolute Gasteiger partial charge is 0.464 e. The van der Waals surface area contributed by atoms with Crippen molar-refractivity contribution in [3.8, 4) is 0 Å². The van der Waals surface area contributed by atoms with E-state index in [2.05, 4.69) is 0 Å². The van der Waals surface area contributed by atoms with Gasteiger partial charge in [0.2, 0.25) is 5.91 Å². The first kappa shape index (κ1) is 13.4. The summed E-state index contributed by atoms with van der Waals surface area (Å²) in [5, 5.41) is 0. The van der Waals surface area contributed by atoms with E-state index in [1.54, 1.807) is 36.1 Å². The van der Waals surface area contributed by atoms with Crippen LogP contribution in [0.5, 0.6) is 0 Å². The Morgan fingerprint density at radius 2 is 2.11 bits per heavy atom. The van der Waals surface area contributed by atoms with E-state index in [-0.39, 0.29) is 11.9 Å². The van der Waals surface area contributed by atoms with Crippen LogP contribution in [0.2, 0.25) is 0 Å². The number of carbonyl (C=O) groups is 2. The molecule has 0 radical (unpaired) electrons. The monoisotopic (exact) mass is 262 g/mol. The highest BCUT2D eigenvalue weighted by molar-refractivity contribution is 5.86. The molecule has 0 saturated carbocycles. The summed E-state index contributed by atoms with van der Waals surface area (Å²) in [5.74, 6) is -0.391. The van der Waals surface area contributed by atoms with E-state index in [4.69, 9.17) is 10.5 Å². The van der Waals surface area contributed by atoms with Crippen LogP contribution in [0.1, 0.15) is 31.4 Å². The molecule has 0 spiro atoms. The van der Waals surface area contributed by atoms with E-state index >= 15 is 0 Å². The van der Waals surface area contributed by atoms with Gasteiger partial charge in [-0.3, -0.25) is 4.79 Å². The van der Waals surface area contributed by atoms with Gasteiger partial charge in [-0.05, 0) is 31.0 Å². The lowest BCUT2D eigenvalue weighted by atomic mass is 10.1. The minimum atomic E-state index is -0.657. The number of nitrogen functional groups attached to an aromatic ring is 1. The molecule has 1 aliphatic rings. The number of anilines is 1. The average Bonchev–Trinajstić information content (AvgIpc) is 2.79. The van der Waals surface area contributed by atoms with Crippen molar-refractivity contribution >= 4 is 17.6 Å². The second-order valence-corrected chi connectivity index (χ2v) is 4.51. The van der Waals surface area contributed by atoms with E-state index in [1.165, 1.54) is 0 Å². The Balaban J connectivity index is 2.30. The minimum Gasteiger partial charge on any atom is -0.464 e. The van der Waals surface area contributed by atoms with Crippen LogP contribution in [0.15, 0.2) is 24.3 Å². The molecule has 1 heterocycles. The number of nitrogens with two attached hydrogens (primary N) is 1. The molecular formula is C14H18N2O3. The predicted molar refractivity (Wildman–Crippen MR) is 71.2 cm³/mol. The average molecular weight is 262 g/mol. The van der Waals surface area contributed by atoms with Crippen LogP contribution in [0.4, 0.5) is 5.69 Å². The second-order valence-electron chi connectivity index (χ2n) is 4.51. The summed E-state index contributed by atoms with van der Waals surface area (Å²) in [6, 6.07) is 6.32. The third-order valence-corrected chi connectivity index (χ3v) is 3.18. The number of amides is 1. The van der Waals surface area contributed by atoms with Crippen molar-refractivity contribution in [2.75, 3.05) is 18.9 Å². The first-order chi connectivity index (χ1) is 9.13. The molecule has 1 amide bonds. The third-order valence-electron chi connectivity index (χ3n) is 3.18. The second kappa shape index (κ2) is 5.73. The molecule has 0 aliphatic carbocycles. The van der Waals surface area contributed by atoms with E-state index in [9.17, 15) is 9.59 Å². The van der Waals surface area contributed by atoms with Gasteiger partial charge in [0.1, 0.15) is 0 Å². The quantitative estimate of drug-likeness (QED) is 0.659. The number of esters is 1. The lowest BCUT2D eigenvalue weighted by molar-refractivity contribution is -0.153. The molecule has 0 aromatic heterocycles. The van der Waals surface area contributed by atoms with Crippen molar-refractivity contribution in [3.05, 3.63) is 29.8 Å². The Labute approximate surface area is 112 Å². The fraction of sp³-hybridized carbons (Fsp3) is 0.429. The van der Waals surface area contributed by atoms with E-state index < -0.39 is 6.04 Å². The zero-order chi connectivity index (χ0) is 13.8. The zero-order valence-electron chi connectivity index (χ0n) is 11.0. The zero-order valence-corrected chi connectivity index (χ0v) is 11.0. The van der Waals surface area contributed by atoms with Crippen molar-refractivity contribution in [2.45, 2.75) is 25.8 Å². The van der Waals surface area contributed by atoms with E-state index in [0.717, 1.165) is 12.0 Å². The molecule has 0 bridgehead atoms. The lowest BCUT2D eigenvalue weighted by Gasteiger charge is -2.26. The van der Waals surface area contributed by atoms with Crippen molar-refractivity contribution in [1.29, 1.82) is 0 Å². The molecule has 1 aromatic carbocycles. The predicted octanol–water partition coefficient (Wildman–Crippen LogP) is 1.50. The van der Waals surface area contributed by atoms with Crippen LogP contribution in [0.25, 0.3) is 0 Å². The summed E-state index contributed by atoms with van der Waals surface area (Å²) in [4.78, 5) is 25.6. The number of rotatable bonds is 4. The van der Waals surface area contributed by atoms with Crippen LogP contribution in [-0.2, 0) is 14.3 Å². The Hall–Kier alpha value is -2.04. The fourth-order valence-corrected chi connectivity index (χ4v) is 2.28. The van der Waals surface area contributed by atoms with E-state index in [0.29, 0.717) is 25.3 Å². The molecule has 1 atom stereocenters. The minimum absolute atomic E-state index is 0.00474. The summed E-state index contributed by atoms with van der Waals surface area (Å²) in [6.07, 6.45) is 1.27. The van der Waals surface area contributed by atoms with E-state index in [1.807, 2.05) is 0 Å². The molecule has 1 aliphatic heterocycles. The number of ether oxygens (including phenoxy) is 1. The highest BCUT2D eigenvalue weighted by Crippen LogP contribution is 2.27. The first-order valence-electron chi connectivity index (χ1n) is 6.45. The molecule has 1 saturated heterocycles. The van der Waals surface area contributed by atoms with Crippen LogP contribution >= 0.6 is 0 Å². The summed E-state index contributed by atoms with van der Waals surface area (Å²) in [5.41, 5.74) is 7.01. The van der Waals surface area contributed by atoms with Crippen molar-refractivity contribution < 1.29 is 14.3 Å². The van der Waals surface area contributed by atoms with Crippen molar-refractivity contribution in [1.82, 2.24) is 4.90 Å². The molecule has 102 valence electrons. The Kier molecular flexibility index (Phi) is 4.04. The van der Waals surface area contributed by atoms with Crippen LogP contribution < -0.4 is 5.73 Å². The molecule has 1 aromatic rings. The number of nitrogens with zero attached hydrogens (tertiary/aromatic N) is 1. The number of likely N-dealkylation sites (tertiary alicyclic amines) is 1. The SMILES string of the molecule is CCOC(=O)[C@H](c1ccc(N)cc1)N1CCCC1=O. The molecule has 2 N–H and O–H groups in total. The smallest absolute Gasteiger partial charge is 0.333 e. The normalized spacial score (nSPS) is 16.5. The Morgan fingerprint density at radius 3 is 2.63 bits per heavy atom. The topological polar surface area (TPSA) is 72.6 Å². The van der Waals surface area contributed by atoms with Crippen molar-refractivity contribution in [2.24, 2.45) is 0 Å². The third kappa shape index (κ3) is 2.86. The molecule has 19 heavy (non-hydrogen) atoms. The lowest BCUT2D eigenvalue weighted by Crippen LogP contribution is -2.36. The maximum Gasteiger partial charge on any atom is 0.333 e. The van der Waals surface area contributed by atoms with Crippen LogP contribution in [0.3, 0.4) is 0 Å². The summed E-state index contributed by atoms with van der Waals surface area (Å²) in [7, 11) is 0. The molecule has 5 heteroatoms. The fourth-order valence-electron chi connectivity index (χ4n) is 2.28. The number of carbonyl (C=O) groups excluding carboxylic acids is 2. The number of benzene rings is 1. The van der Waals surface area contributed by atoms with Gasteiger partial charge in [0.25, 0.3) is 0 Å². The van der Waals surface area contributed by atoms with Gasteiger partial charge in [0.15, 0.2) is 6.04 Å². The highest BCUT2D eigenvalue weighted by Gasteiger charge is 2.34. The van der Waals surface area contributed by atoms with Gasteiger partial charge in [-0.1, -0.05) is 12.1 Å². The molecule has 2 rings (SSSR count). The number of hydrogen-bond donors (Lipinski definition) is 1. The van der Waals surface area contributed by atoms with Gasteiger partial charge in [-0.15, -0.1) is 0 Å². The summed E-state index contributed by atoms with van der Waals surface area (Å²) in [6.45, 7) is 2.64. The van der Waals surface area contributed by atoms with Gasteiger partial charge >= 0.3 is 5.97 Å². The van der Waals surface area contributed by atoms with Gasteiger partial charge < -0.3 is 15.4 Å². The van der Waals surface area contributed by atoms with Crippen LogP contribution in [0, 0.1) is 0 Å². The maximum absolute atomic E-state index is 12.1. The Bertz CT molecular complexity index is 470. The summed E-state index contributed by atoms with van der Waals surface area (Å²) >= 11 is 0. The van der Waals surface area contributed by atoms with Gasteiger partial charge in [0.05, 0.1) is 6.61 Å². The van der Waals surface area contributed by atoms with Crippen LogP contribution in [-0.4, -0.2) is 29.9 Å². The molecule has 5 nitrogen and oxygen atoms in total. The van der Waals surface area contributed by atoms with Crippen molar-refractivity contribution in [3.63, 3.8) is 0 Å². The first-order valence-corrected chi connectivity index (χ1v) is 6.45. The van der Waals surface area contributed by atoms with Gasteiger partial charge in [-0.2, -0.15) is 0 Å². The highest BCUT2D eigenvalue weighted by atomic mass is 16.5. The molecule has 1 fully saturated rings.